The summed E-state index contributed by atoms with van der Waals surface area (Å²) in [6.07, 6.45) is 4.55. The van der Waals surface area contributed by atoms with Crippen LogP contribution in [0.2, 0.25) is 0 Å². The van der Waals surface area contributed by atoms with Crippen LogP contribution in [0, 0.1) is 0 Å². The summed E-state index contributed by atoms with van der Waals surface area (Å²) in [6, 6.07) is 8.74. The molecule has 0 radical (unpaired) electrons. The van der Waals surface area contributed by atoms with Gasteiger partial charge < -0.3 is 10.2 Å². The van der Waals surface area contributed by atoms with E-state index in [2.05, 4.69) is 5.32 Å². The lowest BCUT2D eigenvalue weighted by Crippen LogP contribution is -3.19. The molecule has 1 aromatic rings. The van der Waals surface area contributed by atoms with Gasteiger partial charge in [0.2, 0.25) is 10.0 Å². The van der Waals surface area contributed by atoms with Gasteiger partial charge in [-0.25, -0.2) is 8.42 Å². The molecule has 7 heteroatoms. The number of nitrogens with one attached hydrogen (secondary N) is 2. The molecular weight excluding hydrogens is 338 g/mol. The van der Waals surface area contributed by atoms with E-state index >= 15 is 0 Å². The van der Waals surface area contributed by atoms with Gasteiger partial charge in [-0.2, -0.15) is 4.31 Å². The maximum atomic E-state index is 12.7. The molecule has 6 nitrogen and oxygen atoms in total. The molecule has 0 unspecified atom stereocenters. The van der Waals surface area contributed by atoms with Gasteiger partial charge in [-0.15, -0.1) is 0 Å². The molecule has 1 aliphatic carbocycles. The highest BCUT2D eigenvalue weighted by atomic mass is 32.2. The summed E-state index contributed by atoms with van der Waals surface area (Å²) in [6.45, 7) is 4.17. The highest BCUT2D eigenvalue weighted by Gasteiger charge is 2.35. The Morgan fingerprint density at radius 1 is 1.16 bits per heavy atom. The topological polar surface area (TPSA) is 70.9 Å². The number of hydrogen-bond donors (Lipinski definition) is 2. The van der Waals surface area contributed by atoms with Crippen molar-refractivity contribution in [2.24, 2.45) is 0 Å². The van der Waals surface area contributed by atoms with Crippen molar-refractivity contribution in [1.82, 2.24) is 9.62 Å². The number of sulfonamides is 1. The quantitative estimate of drug-likeness (QED) is 0.772. The molecule has 1 saturated heterocycles. The minimum atomic E-state index is -3.43. The van der Waals surface area contributed by atoms with E-state index in [1.54, 1.807) is 24.3 Å². The summed E-state index contributed by atoms with van der Waals surface area (Å²) < 4.78 is 26.9. The first-order valence-electron chi connectivity index (χ1n) is 9.18. The predicted octanol–water partition coefficient (Wildman–Crippen LogP) is 0.0231. The molecule has 2 aliphatic rings. The van der Waals surface area contributed by atoms with E-state index in [0.29, 0.717) is 37.1 Å². The fourth-order valence-corrected chi connectivity index (χ4v) is 5.23. The van der Waals surface area contributed by atoms with E-state index in [-0.39, 0.29) is 11.9 Å². The highest BCUT2D eigenvalue weighted by molar-refractivity contribution is 7.89. The number of piperazine rings is 1. The lowest BCUT2D eigenvalue weighted by molar-refractivity contribution is -0.917. The van der Waals surface area contributed by atoms with Crippen LogP contribution in [0.25, 0.3) is 0 Å². The van der Waals surface area contributed by atoms with Crippen molar-refractivity contribution in [3.05, 3.63) is 30.3 Å². The second-order valence-corrected chi connectivity index (χ2v) is 9.02. The van der Waals surface area contributed by atoms with Gasteiger partial charge in [0.15, 0.2) is 6.04 Å². The van der Waals surface area contributed by atoms with Crippen LogP contribution in [0.1, 0.15) is 32.6 Å². The summed E-state index contributed by atoms with van der Waals surface area (Å²) in [7, 11) is -3.43. The third-order valence-corrected chi connectivity index (χ3v) is 7.37. The van der Waals surface area contributed by atoms with E-state index in [4.69, 9.17) is 0 Å². The second kappa shape index (κ2) is 7.85. The van der Waals surface area contributed by atoms with Crippen molar-refractivity contribution >= 4 is 15.9 Å². The summed E-state index contributed by atoms with van der Waals surface area (Å²) >= 11 is 0. The van der Waals surface area contributed by atoms with Gasteiger partial charge in [0.1, 0.15) is 0 Å². The normalized spacial score (nSPS) is 22.0. The fourth-order valence-electron chi connectivity index (χ4n) is 3.77. The molecule has 0 spiro atoms. The zero-order chi connectivity index (χ0) is 17.9. The van der Waals surface area contributed by atoms with Crippen molar-refractivity contribution < 1.29 is 18.1 Å². The van der Waals surface area contributed by atoms with E-state index in [0.717, 1.165) is 17.7 Å². The number of carbonyl (C=O) groups excluding carboxylic acids is 1. The van der Waals surface area contributed by atoms with Crippen LogP contribution >= 0.6 is 0 Å². The van der Waals surface area contributed by atoms with E-state index < -0.39 is 10.0 Å². The molecule has 1 aromatic carbocycles. The molecule has 1 atom stereocenters. The zero-order valence-electron chi connectivity index (χ0n) is 14.8. The molecule has 3 rings (SSSR count). The van der Waals surface area contributed by atoms with Gasteiger partial charge in [-0.1, -0.05) is 31.0 Å². The Hall–Kier alpha value is -1.44. The Labute approximate surface area is 150 Å². The van der Waals surface area contributed by atoms with Gasteiger partial charge in [-0.05, 0) is 31.9 Å². The molecule has 1 heterocycles. The first-order valence-corrected chi connectivity index (χ1v) is 10.6. The van der Waals surface area contributed by atoms with Gasteiger partial charge in [0, 0.05) is 6.04 Å². The van der Waals surface area contributed by atoms with Gasteiger partial charge >= 0.3 is 0 Å². The Kier molecular flexibility index (Phi) is 5.76. The second-order valence-electron chi connectivity index (χ2n) is 7.09. The molecule has 25 heavy (non-hydrogen) atoms. The first-order chi connectivity index (χ1) is 12.0. The number of hydrogen-bond acceptors (Lipinski definition) is 3. The third-order valence-electron chi connectivity index (χ3n) is 5.45. The fraction of sp³-hybridized carbons (Fsp3) is 0.611. The van der Waals surface area contributed by atoms with Gasteiger partial charge in [-0.3, -0.25) is 4.79 Å². The number of benzene rings is 1. The van der Waals surface area contributed by atoms with Crippen LogP contribution in [-0.4, -0.2) is 56.9 Å². The minimum absolute atomic E-state index is 0.0984. The van der Waals surface area contributed by atoms with Crippen molar-refractivity contribution in [3.63, 3.8) is 0 Å². The minimum Gasteiger partial charge on any atom is -0.348 e. The van der Waals surface area contributed by atoms with Crippen LogP contribution in [0.3, 0.4) is 0 Å². The summed E-state index contributed by atoms with van der Waals surface area (Å²) in [5, 5.41) is 3.15. The third kappa shape index (κ3) is 4.22. The van der Waals surface area contributed by atoms with Crippen molar-refractivity contribution in [1.29, 1.82) is 0 Å². The van der Waals surface area contributed by atoms with Crippen LogP contribution in [0.4, 0.5) is 0 Å². The number of quaternary nitrogens is 1. The molecule has 0 aromatic heterocycles. The van der Waals surface area contributed by atoms with E-state index in [1.807, 2.05) is 13.0 Å². The molecular formula is C18H28N3O3S+. The van der Waals surface area contributed by atoms with Crippen molar-refractivity contribution in [2.75, 3.05) is 26.2 Å². The molecule has 1 aliphatic heterocycles. The zero-order valence-corrected chi connectivity index (χ0v) is 15.6. The van der Waals surface area contributed by atoms with E-state index in [9.17, 15) is 13.2 Å². The average molecular weight is 367 g/mol. The molecule has 1 saturated carbocycles. The number of nitrogens with zero attached hydrogens (tertiary/aromatic N) is 1. The molecule has 2 N–H and O–H groups in total. The summed E-state index contributed by atoms with van der Waals surface area (Å²) in [5.74, 6) is 0.0984. The maximum absolute atomic E-state index is 12.7. The maximum Gasteiger partial charge on any atom is 0.278 e. The smallest absolute Gasteiger partial charge is 0.278 e. The summed E-state index contributed by atoms with van der Waals surface area (Å²) in [5.41, 5.74) is 0. The van der Waals surface area contributed by atoms with Crippen LogP contribution in [0.5, 0.6) is 0 Å². The lowest BCUT2D eigenvalue weighted by Gasteiger charge is -2.34. The number of rotatable bonds is 5. The molecule has 1 amide bonds. The van der Waals surface area contributed by atoms with E-state index in [1.165, 1.54) is 17.1 Å². The Bertz CT molecular complexity index is 679. The average Bonchev–Trinajstić information content (AvgIpc) is 3.15. The van der Waals surface area contributed by atoms with Gasteiger partial charge in [0.25, 0.3) is 5.91 Å². The van der Waals surface area contributed by atoms with Crippen molar-refractivity contribution in [2.45, 2.75) is 49.6 Å². The monoisotopic (exact) mass is 366 g/mol. The van der Waals surface area contributed by atoms with Crippen LogP contribution in [-0.2, 0) is 14.8 Å². The van der Waals surface area contributed by atoms with Crippen LogP contribution < -0.4 is 10.2 Å². The first kappa shape index (κ1) is 18.4. The largest absolute Gasteiger partial charge is 0.348 e. The number of amides is 1. The van der Waals surface area contributed by atoms with Crippen molar-refractivity contribution in [3.8, 4) is 0 Å². The molecule has 0 bridgehead atoms. The van der Waals surface area contributed by atoms with Gasteiger partial charge in [0.05, 0.1) is 31.1 Å². The predicted molar refractivity (Wildman–Crippen MR) is 95.8 cm³/mol. The lowest BCUT2D eigenvalue weighted by atomic mass is 10.2. The molecule has 138 valence electrons. The summed E-state index contributed by atoms with van der Waals surface area (Å²) in [4.78, 5) is 13.9. The SMILES string of the molecule is C[C@@H](C(=O)NC1CCCC1)[NH+]1CCN(S(=O)(=O)c2ccccc2)CC1. The number of carbonyl (C=O) groups is 1. The van der Waals surface area contributed by atoms with Crippen LogP contribution in [0.15, 0.2) is 35.2 Å². The Morgan fingerprint density at radius 3 is 2.36 bits per heavy atom. The highest BCUT2D eigenvalue weighted by Crippen LogP contribution is 2.17. The Balaban J connectivity index is 1.55. The molecule has 2 fully saturated rings. The standard InChI is InChI=1S/C18H27N3O3S/c1-15(18(22)19-16-7-5-6-8-16)20-11-13-21(14-12-20)25(23,24)17-9-3-2-4-10-17/h2-4,9-10,15-16H,5-8,11-14H2,1H3,(H,19,22)/p+1/t15-/m0/s1. The Morgan fingerprint density at radius 2 is 1.76 bits per heavy atom.